The summed E-state index contributed by atoms with van der Waals surface area (Å²) in [6, 6.07) is 10.1. The maximum Gasteiger partial charge on any atom is 0.167 e. The van der Waals surface area contributed by atoms with Crippen molar-refractivity contribution in [1.82, 2.24) is 5.32 Å². The van der Waals surface area contributed by atoms with Gasteiger partial charge < -0.3 is 5.32 Å². The number of nitrogens with one attached hydrogen (secondary N) is 2. The second-order valence-electron chi connectivity index (χ2n) is 2.74. The van der Waals surface area contributed by atoms with Crippen molar-refractivity contribution in [2.45, 2.75) is 12.7 Å². The molecule has 0 aliphatic carbocycles. The van der Waals surface area contributed by atoms with Crippen molar-refractivity contribution in [3.8, 4) is 6.07 Å². The first-order valence-corrected chi connectivity index (χ1v) is 3.87. The third kappa shape index (κ3) is 1.13. The van der Waals surface area contributed by atoms with Crippen LogP contribution in [-0.2, 0) is 6.54 Å². The first-order chi connectivity index (χ1) is 5.90. The van der Waals surface area contributed by atoms with E-state index in [2.05, 4.69) is 16.7 Å². The van der Waals surface area contributed by atoms with Gasteiger partial charge in [-0.3, -0.25) is 5.32 Å². The Balaban J connectivity index is 2.30. The van der Waals surface area contributed by atoms with E-state index < -0.39 is 0 Å². The molecule has 2 rings (SSSR count). The van der Waals surface area contributed by atoms with Gasteiger partial charge in [-0.05, 0) is 11.6 Å². The zero-order chi connectivity index (χ0) is 8.39. The van der Waals surface area contributed by atoms with Crippen LogP contribution in [0.25, 0.3) is 0 Å². The van der Waals surface area contributed by atoms with E-state index in [-0.39, 0.29) is 6.17 Å². The molecule has 12 heavy (non-hydrogen) atoms. The molecular weight excluding hydrogens is 150 g/mol. The molecule has 0 spiro atoms. The molecule has 3 heteroatoms. The summed E-state index contributed by atoms with van der Waals surface area (Å²) >= 11 is 0. The predicted octanol–water partition coefficient (Wildman–Crippen LogP) is 1.05. The lowest BCUT2D eigenvalue weighted by atomic mass is 10.1. The summed E-state index contributed by atoms with van der Waals surface area (Å²) in [5, 5.41) is 14.8. The molecule has 2 N–H and O–H groups in total. The summed E-state index contributed by atoms with van der Waals surface area (Å²) in [6.07, 6.45) is -0.250. The van der Waals surface area contributed by atoms with Gasteiger partial charge in [0, 0.05) is 12.2 Å². The van der Waals surface area contributed by atoms with Crippen LogP contribution in [0.15, 0.2) is 24.3 Å². The van der Waals surface area contributed by atoms with Crippen molar-refractivity contribution in [2.75, 3.05) is 5.32 Å². The number of anilines is 1. The summed E-state index contributed by atoms with van der Waals surface area (Å²) in [4.78, 5) is 0. The second-order valence-corrected chi connectivity index (χ2v) is 2.74. The van der Waals surface area contributed by atoms with Gasteiger partial charge in [0.15, 0.2) is 6.17 Å². The van der Waals surface area contributed by atoms with E-state index in [1.54, 1.807) is 0 Å². The number of nitriles is 1. The molecule has 0 fully saturated rings. The van der Waals surface area contributed by atoms with Crippen LogP contribution in [0.4, 0.5) is 5.69 Å². The van der Waals surface area contributed by atoms with Gasteiger partial charge in [0.25, 0.3) is 0 Å². The van der Waals surface area contributed by atoms with E-state index in [1.165, 1.54) is 5.56 Å². The highest BCUT2D eigenvalue weighted by Gasteiger charge is 2.14. The zero-order valence-corrected chi connectivity index (χ0v) is 6.54. The Morgan fingerprint density at radius 3 is 3.08 bits per heavy atom. The minimum atomic E-state index is -0.250. The monoisotopic (exact) mass is 159 g/mol. The molecule has 1 heterocycles. The Kier molecular flexibility index (Phi) is 1.69. The average molecular weight is 159 g/mol. The molecule has 1 aliphatic heterocycles. The van der Waals surface area contributed by atoms with Crippen LogP contribution in [-0.4, -0.2) is 6.17 Å². The average Bonchev–Trinajstić information content (AvgIpc) is 2.17. The van der Waals surface area contributed by atoms with Crippen molar-refractivity contribution in [2.24, 2.45) is 0 Å². The number of hydrogen-bond acceptors (Lipinski definition) is 3. The lowest BCUT2D eigenvalue weighted by Gasteiger charge is -2.23. The highest BCUT2D eigenvalue weighted by molar-refractivity contribution is 5.54. The molecule has 1 atom stereocenters. The fourth-order valence-electron chi connectivity index (χ4n) is 1.31. The first kappa shape index (κ1) is 7.14. The number of nitrogens with zero attached hydrogens (tertiary/aromatic N) is 1. The molecule has 0 radical (unpaired) electrons. The summed E-state index contributed by atoms with van der Waals surface area (Å²) in [6.45, 7) is 0.765. The van der Waals surface area contributed by atoms with Gasteiger partial charge >= 0.3 is 0 Å². The van der Waals surface area contributed by atoms with Crippen molar-refractivity contribution >= 4 is 5.69 Å². The highest BCUT2D eigenvalue weighted by atomic mass is 15.1. The Hall–Kier alpha value is -1.53. The normalized spacial score (nSPS) is 20.4. The van der Waals surface area contributed by atoms with Gasteiger partial charge in [-0.2, -0.15) is 5.26 Å². The maximum atomic E-state index is 8.64. The molecular formula is C9H9N3. The maximum absolute atomic E-state index is 8.64. The van der Waals surface area contributed by atoms with E-state index in [0.717, 1.165) is 12.2 Å². The lowest BCUT2D eigenvalue weighted by molar-refractivity contribution is 0.629. The van der Waals surface area contributed by atoms with Crippen LogP contribution in [0, 0.1) is 11.3 Å². The minimum absolute atomic E-state index is 0.250. The fraction of sp³-hybridized carbons (Fsp3) is 0.222. The zero-order valence-electron chi connectivity index (χ0n) is 6.54. The number of fused-ring (bicyclic) bond motifs is 1. The highest BCUT2D eigenvalue weighted by Crippen LogP contribution is 2.18. The molecule has 0 aromatic heterocycles. The van der Waals surface area contributed by atoms with Crippen molar-refractivity contribution in [1.29, 1.82) is 5.26 Å². The fourth-order valence-corrected chi connectivity index (χ4v) is 1.31. The van der Waals surface area contributed by atoms with E-state index in [9.17, 15) is 0 Å². The first-order valence-electron chi connectivity index (χ1n) is 3.87. The van der Waals surface area contributed by atoms with Crippen LogP contribution in [0.5, 0.6) is 0 Å². The molecule has 3 nitrogen and oxygen atoms in total. The topological polar surface area (TPSA) is 47.9 Å². The van der Waals surface area contributed by atoms with Crippen LogP contribution in [0.1, 0.15) is 5.56 Å². The number of benzene rings is 1. The van der Waals surface area contributed by atoms with Gasteiger partial charge in [-0.25, -0.2) is 0 Å². The van der Waals surface area contributed by atoms with Gasteiger partial charge in [0.05, 0.1) is 0 Å². The summed E-state index contributed by atoms with van der Waals surface area (Å²) in [5.41, 5.74) is 2.27. The van der Waals surface area contributed by atoms with Crippen molar-refractivity contribution < 1.29 is 0 Å². The summed E-state index contributed by atoms with van der Waals surface area (Å²) in [7, 11) is 0. The Bertz CT molecular complexity index is 327. The molecule has 60 valence electrons. The third-order valence-electron chi connectivity index (χ3n) is 1.94. The molecule has 0 saturated carbocycles. The molecule has 1 aliphatic rings. The number of hydrogen-bond donors (Lipinski definition) is 2. The van der Waals surface area contributed by atoms with Crippen LogP contribution >= 0.6 is 0 Å². The smallest absolute Gasteiger partial charge is 0.167 e. The molecule has 0 bridgehead atoms. The number of para-hydroxylation sites is 1. The van der Waals surface area contributed by atoms with Crippen LogP contribution in [0.3, 0.4) is 0 Å². The van der Waals surface area contributed by atoms with Gasteiger partial charge in [0.1, 0.15) is 6.07 Å². The molecule has 0 amide bonds. The molecule has 0 saturated heterocycles. The van der Waals surface area contributed by atoms with E-state index >= 15 is 0 Å². The van der Waals surface area contributed by atoms with Gasteiger partial charge in [-0.15, -0.1) is 0 Å². The van der Waals surface area contributed by atoms with E-state index in [1.807, 2.05) is 24.3 Å². The quantitative estimate of drug-likeness (QED) is 0.595. The van der Waals surface area contributed by atoms with Gasteiger partial charge in [0.2, 0.25) is 0 Å². The lowest BCUT2D eigenvalue weighted by Crippen LogP contribution is -2.38. The molecule has 1 aromatic rings. The Morgan fingerprint density at radius 1 is 1.42 bits per heavy atom. The molecule has 1 aromatic carbocycles. The third-order valence-corrected chi connectivity index (χ3v) is 1.94. The summed E-state index contributed by atoms with van der Waals surface area (Å²) < 4.78 is 0. The standard InChI is InChI=1S/C9H9N3/c10-5-9-11-6-7-3-1-2-4-8(7)12-9/h1-4,9,11-12H,6H2. The van der Waals surface area contributed by atoms with E-state index in [4.69, 9.17) is 5.26 Å². The predicted molar refractivity (Wildman–Crippen MR) is 46.3 cm³/mol. The SMILES string of the molecule is N#CC1NCc2ccccc2N1. The largest absolute Gasteiger partial charge is 0.358 e. The van der Waals surface area contributed by atoms with Crippen molar-refractivity contribution in [3.05, 3.63) is 29.8 Å². The summed E-state index contributed by atoms with van der Waals surface area (Å²) in [5.74, 6) is 0. The Labute approximate surface area is 71.0 Å². The second kappa shape index (κ2) is 2.84. The van der Waals surface area contributed by atoms with E-state index in [0.29, 0.717) is 0 Å². The minimum Gasteiger partial charge on any atom is -0.358 e. The molecule has 1 unspecified atom stereocenters. The van der Waals surface area contributed by atoms with Crippen LogP contribution in [0.2, 0.25) is 0 Å². The van der Waals surface area contributed by atoms with Crippen molar-refractivity contribution in [3.63, 3.8) is 0 Å². The van der Waals surface area contributed by atoms with Gasteiger partial charge in [-0.1, -0.05) is 18.2 Å². The van der Waals surface area contributed by atoms with Crippen LogP contribution < -0.4 is 10.6 Å². The number of rotatable bonds is 0. The Morgan fingerprint density at radius 2 is 2.25 bits per heavy atom.